The van der Waals surface area contributed by atoms with Gasteiger partial charge in [-0.25, -0.2) is 4.79 Å². The van der Waals surface area contributed by atoms with Crippen LogP contribution in [0.5, 0.6) is 5.75 Å². The van der Waals surface area contributed by atoms with Crippen molar-refractivity contribution in [1.82, 2.24) is 10.6 Å². The van der Waals surface area contributed by atoms with Crippen LogP contribution in [0.4, 0.5) is 4.79 Å². The number of nitrogens with one attached hydrogen (secondary N) is 2. The molecule has 1 aromatic carbocycles. The Morgan fingerprint density at radius 2 is 2.24 bits per heavy atom. The molecule has 4 nitrogen and oxygen atoms in total. The van der Waals surface area contributed by atoms with Crippen LogP contribution in [0.3, 0.4) is 0 Å². The SMILES string of the molecule is CCCCNC(=O)NC(C)c1cccc(O)c1. The van der Waals surface area contributed by atoms with E-state index in [4.69, 9.17) is 0 Å². The van der Waals surface area contributed by atoms with Crippen molar-refractivity contribution in [1.29, 1.82) is 0 Å². The van der Waals surface area contributed by atoms with Gasteiger partial charge in [0.05, 0.1) is 6.04 Å². The maximum atomic E-state index is 11.5. The number of rotatable bonds is 5. The first-order valence-corrected chi connectivity index (χ1v) is 5.96. The van der Waals surface area contributed by atoms with Gasteiger partial charge in [0.1, 0.15) is 5.75 Å². The molecule has 3 N–H and O–H groups in total. The van der Waals surface area contributed by atoms with Gasteiger partial charge in [-0.2, -0.15) is 0 Å². The van der Waals surface area contributed by atoms with E-state index in [0.29, 0.717) is 6.54 Å². The van der Waals surface area contributed by atoms with Crippen LogP contribution in [0.15, 0.2) is 24.3 Å². The molecule has 1 aromatic rings. The van der Waals surface area contributed by atoms with Crippen LogP contribution < -0.4 is 10.6 Å². The molecule has 0 aliphatic heterocycles. The van der Waals surface area contributed by atoms with E-state index in [-0.39, 0.29) is 17.8 Å². The molecule has 1 unspecified atom stereocenters. The molecule has 4 heteroatoms. The van der Waals surface area contributed by atoms with E-state index in [1.807, 2.05) is 13.0 Å². The predicted octanol–water partition coefficient (Wildman–Crippen LogP) is 2.55. The Morgan fingerprint density at radius 3 is 2.88 bits per heavy atom. The Morgan fingerprint density at radius 1 is 1.47 bits per heavy atom. The third-order valence-corrected chi connectivity index (χ3v) is 2.53. The number of amides is 2. The van der Waals surface area contributed by atoms with E-state index in [9.17, 15) is 9.90 Å². The summed E-state index contributed by atoms with van der Waals surface area (Å²) in [7, 11) is 0. The third kappa shape index (κ3) is 4.76. The Hall–Kier alpha value is -1.71. The Labute approximate surface area is 102 Å². The van der Waals surface area contributed by atoms with E-state index in [0.717, 1.165) is 18.4 Å². The number of phenolic OH excluding ortho intramolecular Hbond substituents is 1. The molecule has 17 heavy (non-hydrogen) atoms. The van der Waals surface area contributed by atoms with Crippen molar-refractivity contribution >= 4 is 6.03 Å². The van der Waals surface area contributed by atoms with Crippen molar-refractivity contribution in [3.8, 4) is 5.75 Å². The number of urea groups is 1. The first-order chi connectivity index (χ1) is 8.13. The van der Waals surface area contributed by atoms with E-state index in [1.165, 1.54) is 0 Å². The van der Waals surface area contributed by atoms with Gasteiger partial charge in [-0.15, -0.1) is 0 Å². The van der Waals surface area contributed by atoms with Crippen molar-refractivity contribution in [2.24, 2.45) is 0 Å². The van der Waals surface area contributed by atoms with Gasteiger partial charge in [-0.1, -0.05) is 25.5 Å². The summed E-state index contributed by atoms with van der Waals surface area (Å²) in [5.41, 5.74) is 0.885. The van der Waals surface area contributed by atoms with Gasteiger partial charge in [-0.3, -0.25) is 0 Å². The normalized spacial score (nSPS) is 11.9. The number of unbranched alkanes of at least 4 members (excludes halogenated alkanes) is 1. The molecule has 0 aromatic heterocycles. The molecule has 1 rings (SSSR count). The van der Waals surface area contributed by atoms with E-state index < -0.39 is 0 Å². The van der Waals surface area contributed by atoms with Gasteiger partial charge in [0.25, 0.3) is 0 Å². The summed E-state index contributed by atoms with van der Waals surface area (Å²) in [5, 5.41) is 14.9. The van der Waals surface area contributed by atoms with Gasteiger partial charge in [0.2, 0.25) is 0 Å². The number of aromatic hydroxyl groups is 1. The summed E-state index contributed by atoms with van der Waals surface area (Å²) in [5.74, 6) is 0.211. The van der Waals surface area contributed by atoms with Gasteiger partial charge in [-0.05, 0) is 31.0 Å². The quantitative estimate of drug-likeness (QED) is 0.688. The summed E-state index contributed by atoms with van der Waals surface area (Å²) in [6.07, 6.45) is 2.04. The van der Waals surface area contributed by atoms with Crippen LogP contribution in [0.25, 0.3) is 0 Å². The van der Waals surface area contributed by atoms with E-state index in [2.05, 4.69) is 17.6 Å². The molecule has 0 radical (unpaired) electrons. The van der Waals surface area contributed by atoms with Crippen LogP contribution >= 0.6 is 0 Å². The lowest BCUT2D eigenvalue weighted by atomic mass is 10.1. The topological polar surface area (TPSA) is 61.4 Å². The Bertz CT molecular complexity index is 366. The molecule has 0 aliphatic carbocycles. The molecule has 0 aliphatic rings. The fourth-order valence-electron chi connectivity index (χ4n) is 1.50. The molecule has 2 amide bonds. The first-order valence-electron chi connectivity index (χ1n) is 5.96. The number of phenols is 1. The maximum absolute atomic E-state index is 11.5. The van der Waals surface area contributed by atoms with Crippen LogP contribution in [0, 0.1) is 0 Å². The molecule has 0 heterocycles. The fraction of sp³-hybridized carbons (Fsp3) is 0.462. The van der Waals surface area contributed by atoms with Crippen molar-refractivity contribution in [3.05, 3.63) is 29.8 Å². The van der Waals surface area contributed by atoms with Crippen molar-refractivity contribution in [3.63, 3.8) is 0 Å². The number of carbonyl (C=O) groups is 1. The van der Waals surface area contributed by atoms with Crippen molar-refractivity contribution < 1.29 is 9.90 Å². The lowest BCUT2D eigenvalue weighted by Crippen LogP contribution is -2.37. The van der Waals surface area contributed by atoms with Gasteiger partial charge in [0, 0.05) is 6.54 Å². The molecule has 0 bridgehead atoms. The van der Waals surface area contributed by atoms with E-state index >= 15 is 0 Å². The van der Waals surface area contributed by atoms with Crippen LogP contribution in [0.2, 0.25) is 0 Å². The lowest BCUT2D eigenvalue weighted by molar-refractivity contribution is 0.237. The maximum Gasteiger partial charge on any atom is 0.315 e. The van der Waals surface area contributed by atoms with Gasteiger partial charge in [0.15, 0.2) is 0 Å². The molecule has 0 spiro atoms. The highest BCUT2D eigenvalue weighted by Crippen LogP contribution is 2.17. The standard InChI is InChI=1S/C13H20N2O2/c1-3-4-8-14-13(17)15-10(2)11-6-5-7-12(16)9-11/h5-7,9-10,16H,3-4,8H2,1-2H3,(H2,14,15,17). The predicted molar refractivity (Wildman–Crippen MR) is 68.0 cm³/mol. The smallest absolute Gasteiger partial charge is 0.315 e. The van der Waals surface area contributed by atoms with Crippen molar-refractivity contribution in [2.45, 2.75) is 32.7 Å². The molecule has 1 atom stereocenters. The molecule has 0 fully saturated rings. The average Bonchev–Trinajstić information content (AvgIpc) is 2.29. The van der Waals surface area contributed by atoms with Gasteiger partial charge < -0.3 is 15.7 Å². The fourth-order valence-corrected chi connectivity index (χ4v) is 1.50. The minimum Gasteiger partial charge on any atom is -0.508 e. The molecular weight excluding hydrogens is 216 g/mol. The zero-order chi connectivity index (χ0) is 12.7. The summed E-state index contributed by atoms with van der Waals surface area (Å²) in [4.78, 5) is 11.5. The third-order valence-electron chi connectivity index (χ3n) is 2.53. The Kier molecular flexibility index (Phi) is 5.33. The minimum atomic E-state index is -0.172. The highest BCUT2D eigenvalue weighted by Gasteiger charge is 2.08. The second-order valence-corrected chi connectivity index (χ2v) is 4.07. The summed E-state index contributed by atoms with van der Waals surface area (Å²) < 4.78 is 0. The summed E-state index contributed by atoms with van der Waals surface area (Å²) in [6.45, 7) is 4.65. The second kappa shape index (κ2) is 6.78. The van der Waals surface area contributed by atoms with Gasteiger partial charge >= 0.3 is 6.03 Å². The summed E-state index contributed by atoms with van der Waals surface area (Å²) in [6, 6.07) is 6.60. The van der Waals surface area contributed by atoms with E-state index in [1.54, 1.807) is 18.2 Å². The Balaban J connectivity index is 2.43. The average molecular weight is 236 g/mol. The largest absolute Gasteiger partial charge is 0.508 e. The zero-order valence-corrected chi connectivity index (χ0v) is 10.4. The molecule has 0 saturated heterocycles. The number of benzene rings is 1. The molecule has 0 saturated carbocycles. The monoisotopic (exact) mass is 236 g/mol. The van der Waals surface area contributed by atoms with Crippen LogP contribution in [-0.4, -0.2) is 17.7 Å². The number of hydrogen-bond acceptors (Lipinski definition) is 2. The molecular formula is C13H20N2O2. The lowest BCUT2D eigenvalue weighted by Gasteiger charge is -2.15. The minimum absolute atomic E-state index is 0.122. The summed E-state index contributed by atoms with van der Waals surface area (Å²) >= 11 is 0. The second-order valence-electron chi connectivity index (χ2n) is 4.07. The highest BCUT2D eigenvalue weighted by molar-refractivity contribution is 5.74. The zero-order valence-electron chi connectivity index (χ0n) is 10.4. The number of carbonyl (C=O) groups excluding carboxylic acids is 1. The van der Waals surface area contributed by atoms with Crippen LogP contribution in [-0.2, 0) is 0 Å². The number of hydrogen-bond donors (Lipinski definition) is 3. The van der Waals surface area contributed by atoms with Crippen molar-refractivity contribution in [2.75, 3.05) is 6.54 Å². The molecule has 94 valence electrons. The van der Waals surface area contributed by atoms with Crippen LogP contribution in [0.1, 0.15) is 38.3 Å². The first kappa shape index (κ1) is 13.4. The highest BCUT2D eigenvalue weighted by atomic mass is 16.3.